The Bertz CT molecular complexity index is 496. The molecule has 0 aliphatic rings. The molecule has 1 heterocycles. The molecule has 2 rings (SSSR count). The minimum Gasteiger partial charge on any atom is -0.326 e. The van der Waals surface area contributed by atoms with E-state index in [4.69, 9.17) is 5.73 Å². The number of thiazole rings is 1. The molecule has 4 nitrogen and oxygen atoms in total. The first-order valence-corrected chi connectivity index (χ1v) is 6.14. The van der Waals surface area contributed by atoms with Gasteiger partial charge in [0, 0.05) is 18.1 Å². The number of anilines is 1. The van der Waals surface area contributed by atoms with Gasteiger partial charge in [-0.2, -0.15) is 0 Å². The topological polar surface area (TPSA) is 68.0 Å². The Balaban J connectivity index is 2.03. The summed E-state index contributed by atoms with van der Waals surface area (Å²) in [5.74, 6) is -0.0687. The molecule has 1 aromatic heterocycles. The summed E-state index contributed by atoms with van der Waals surface area (Å²) >= 11 is 1.40. The molecule has 1 aromatic carbocycles. The van der Waals surface area contributed by atoms with Crippen molar-refractivity contribution in [2.24, 2.45) is 5.73 Å². The number of hydrogen-bond acceptors (Lipinski definition) is 4. The van der Waals surface area contributed by atoms with E-state index in [2.05, 4.69) is 10.3 Å². The van der Waals surface area contributed by atoms with Crippen LogP contribution in [0.3, 0.4) is 0 Å². The maximum atomic E-state index is 11.8. The van der Waals surface area contributed by atoms with Crippen LogP contribution in [-0.4, -0.2) is 10.9 Å². The number of carbonyl (C=O) groups excluding carboxylic acids is 1. The van der Waals surface area contributed by atoms with Crippen molar-refractivity contribution in [1.82, 2.24) is 4.98 Å². The Kier molecular flexibility index (Phi) is 3.85. The Morgan fingerprint density at radius 3 is 2.76 bits per heavy atom. The molecule has 0 unspecified atom stereocenters. The highest BCUT2D eigenvalue weighted by molar-refractivity contribution is 7.13. The molecular weight excluding hydrogens is 234 g/mol. The van der Waals surface area contributed by atoms with Gasteiger partial charge in [0.25, 0.3) is 0 Å². The van der Waals surface area contributed by atoms with E-state index in [-0.39, 0.29) is 5.91 Å². The van der Waals surface area contributed by atoms with Gasteiger partial charge in [-0.05, 0) is 11.1 Å². The van der Waals surface area contributed by atoms with Gasteiger partial charge >= 0.3 is 0 Å². The van der Waals surface area contributed by atoms with Crippen LogP contribution in [-0.2, 0) is 17.8 Å². The molecule has 0 aliphatic heterocycles. The molecule has 1 amide bonds. The Morgan fingerprint density at radius 1 is 1.35 bits per heavy atom. The van der Waals surface area contributed by atoms with Crippen LogP contribution in [0, 0.1) is 0 Å². The van der Waals surface area contributed by atoms with Gasteiger partial charge in [-0.1, -0.05) is 24.3 Å². The highest BCUT2D eigenvalue weighted by Gasteiger charge is 2.08. The van der Waals surface area contributed by atoms with Crippen LogP contribution < -0.4 is 11.1 Å². The average Bonchev–Trinajstić information content (AvgIpc) is 2.82. The van der Waals surface area contributed by atoms with Gasteiger partial charge in [-0.25, -0.2) is 4.98 Å². The van der Waals surface area contributed by atoms with E-state index in [1.807, 2.05) is 29.6 Å². The fraction of sp³-hybridized carbons (Fsp3) is 0.167. The lowest BCUT2D eigenvalue weighted by Gasteiger charge is -2.06. The smallest absolute Gasteiger partial charge is 0.230 e. The van der Waals surface area contributed by atoms with Crippen molar-refractivity contribution >= 4 is 22.4 Å². The summed E-state index contributed by atoms with van der Waals surface area (Å²) in [6.07, 6.45) is 1.99. The third kappa shape index (κ3) is 3.12. The minimum atomic E-state index is -0.0687. The molecule has 0 spiro atoms. The largest absolute Gasteiger partial charge is 0.326 e. The summed E-state index contributed by atoms with van der Waals surface area (Å²) in [6.45, 7) is 0.445. The van der Waals surface area contributed by atoms with Crippen molar-refractivity contribution in [3.05, 3.63) is 47.0 Å². The Hall–Kier alpha value is -1.72. The van der Waals surface area contributed by atoms with Gasteiger partial charge in [0.1, 0.15) is 0 Å². The Labute approximate surface area is 103 Å². The number of carbonyl (C=O) groups is 1. The number of nitrogens with two attached hydrogens (primary N) is 1. The third-order valence-electron chi connectivity index (χ3n) is 2.37. The number of benzene rings is 1. The van der Waals surface area contributed by atoms with E-state index in [0.717, 1.165) is 11.1 Å². The first-order valence-electron chi connectivity index (χ1n) is 5.26. The third-order valence-corrected chi connectivity index (χ3v) is 3.06. The zero-order valence-corrected chi connectivity index (χ0v) is 10.0. The van der Waals surface area contributed by atoms with E-state index in [1.165, 1.54) is 11.3 Å². The molecule has 0 saturated heterocycles. The maximum Gasteiger partial charge on any atom is 0.230 e. The van der Waals surface area contributed by atoms with Crippen molar-refractivity contribution in [1.29, 1.82) is 0 Å². The fourth-order valence-corrected chi connectivity index (χ4v) is 2.10. The number of rotatable bonds is 4. The monoisotopic (exact) mass is 247 g/mol. The fourth-order valence-electron chi connectivity index (χ4n) is 1.55. The molecule has 2 aromatic rings. The summed E-state index contributed by atoms with van der Waals surface area (Å²) in [7, 11) is 0. The zero-order chi connectivity index (χ0) is 12.1. The van der Waals surface area contributed by atoms with Crippen LogP contribution in [0.25, 0.3) is 0 Å². The van der Waals surface area contributed by atoms with Crippen LogP contribution >= 0.6 is 11.3 Å². The van der Waals surface area contributed by atoms with E-state index in [1.54, 1.807) is 6.20 Å². The first-order chi connectivity index (χ1) is 8.29. The predicted molar refractivity (Wildman–Crippen MR) is 68.8 cm³/mol. The van der Waals surface area contributed by atoms with E-state index in [9.17, 15) is 4.79 Å². The van der Waals surface area contributed by atoms with Gasteiger partial charge in [0.15, 0.2) is 5.13 Å². The van der Waals surface area contributed by atoms with Crippen LogP contribution in [0.4, 0.5) is 5.13 Å². The van der Waals surface area contributed by atoms with Crippen LogP contribution in [0.15, 0.2) is 35.8 Å². The van der Waals surface area contributed by atoms with Gasteiger partial charge in [-0.15, -0.1) is 11.3 Å². The average molecular weight is 247 g/mol. The van der Waals surface area contributed by atoms with Crippen molar-refractivity contribution < 1.29 is 4.79 Å². The summed E-state index contributed by atoms with van der Waals surface area (Å²) < 4.78 is 0. The maximum absolute atomic E-state index is 11.8. The van der Waals surface area contributed by atoms with Gasteiger partial charge in [0.2, 0.25) is 5.91 Å². The molecule has 0 atom stereocenters. The standard InChI is InChI=1S/C12H13N3OS/c13-8-10-4-2-1-3-9(10)7-11(16)15-12-14-5-6-17-12/h1-6H,7-8,13H2,(H,14,15,16). The SMILES string of the molecule is NCc1ccccc1CC(=O)Nc1nccs1. The van der Waals surface area contributed by atoms with Crippen LogP contribution in [0.5, 0.6) is 0 Å². The molecule has 0 radical (unpaired) electrons. The molecular formula is C12H13N3OS. The number of nitrogens with one attached hydrogen (secondary N) is 1. The predicted octanol–water partition coefficient (Wildman–Crippen LogP) is 1.78. The summed E-state index contributed by atoms with van der Waals surface area (Å²) in [6, 6.07) is 7.69. The lowest BCUT2D eigenvalue weighted by atomic mass is 10.0. The lowest BCUT2D eigenvalue weighted by Crippen LogP contribution is -2.15. The summed E-state index contributed by atoms with van der Waals surface area (Å²) in [5, 5.41) is 5.20. The second-order valence-corrected chi connectivity index (χ2v) is 4.43. The molecule has 0 fully saturated rings. The highest BCUT2D eigenvalue weighted by Crippen LogP contribution is 2.13. The molecule has 0 bridgehead atoms. The molecule has 0 aliphatic carbocycles. The lowest BCUT2D eigenvalue weighted by molar-refractivity contribution is -0.115. The second-order valence-electron chi connectivity index (χ2n) is 3.54. The van der Waals surface area contributed by atoms with Crippen molar-refractivity contribution in [2.75, 3.05) is 5.32 Å². The number of amides is 1. The van der Waals surface area contributed by atoms with E-state index in [0.29, 0.717) is 18.1 Å². The number of hydrogen-bond donors (Lipinski definition) is 2. The first kappa shape index (κ1) is 11.8. The molecule has 17 heavy (non-hydrogen) atoms. The van der Waals surface area contributed by atoms with E-state index >= 15 is 0 Å². The van der Waals surface area contributed by atoms with Gasteiger partial charge in [-0.3, -0.25) is 4.79 Å². The van der Waals surface area contributed by atoms with Crippen LogP contribution in [0.1, 0.15) is 11.1 Å². The second kappa shape index (κ2) is 5.56. The minimum absolute atomic E-state index is 0.0687. The zero-order valence-electron chi connectivity index (χ0n) is 9.22. The van der Waals surface area contributed by atoms with Crippen molar-refractivity contribution in [3.63, 3.8) is 0 Å². The quantitative estimate of drug-likeness (QED) is 0.865. The van der Waals surface area contributed by atoms with Gasteiger partial charge < -0.3 is 11.1 Å². The number of aromatic nitrogens is 1. The van der Waals surface area contributed by atoms with Gasteiger partial charge in [0.05, 0.1) is 6.42 Å². The number of nitrogens with zero attached hydrogens (tertiary/aromatic N) is 1. The van der Waals surface area contributed by atoms with Crippen molar-refractivity contribution in [2.45, 2.75) is 13.0 Å². The molecule has 5 heteroatoms. The molecule has 0 saturated carbocycles. The summed E-state index contributed by atoms with van der Waals surface area (Å²) in [5.41, 5.74) is 7.58. The molecule has 3 N–H and O–H groups in total. The summed E-state index contributed by atoms with van der Waals surface area (Å²) in [4.78, 5) is 15.8. The highest BCUT2D eigenvalue weighted by atomic mass is 32.1. The van der Waals surface area contributed by atoms with Crippen LogP contribution in [0.2, 0.25) is 0 Å². The molecule has 88 valence electrons. The van der Waals surface area contributed by atoms with Crippen molar-refractivity contribution in [3.8, 4) is 0 Å². The van der Waals surface area contributed by atoms with E-state index < -0.39 is 0 Å². The Morgan fingerprint density at radius 2 is 2.12 bits per heavy atom. The normalized spacial score (nSPS) is 10.2.